The van der Waals surface area contributed by atoms with Gasteiger partial charge in [0.1, 0.15) is 5.01 Å². The summed E-state index contributed by atoms with van der Waals surface area (Å²) in [6.07, 6.45) is 0. The van der Waals surface area contributed by atoms with Crippen LogP contribution in [0.15, 0.2) is 53.9 Å². The summed E-state index contributed by atoms with van der Waals surface area (Å²) >= 11 is 7.61. The van der Waals surface area contributed by atoms with E-state index in [2.05, 4.69) is 15.6 Å². The highest BCUT2D eigenvalue weighted by Crippen LogP contribution is 2.23. The van der Waals surface area contributed by atoms with Crippen molar-refractivity contribution in [2.24, 2.45) is 0 Å². The van der Waals surface area contributed by atoms with Crippen LogP contribution in [0.25, 0.3) is 10.6 Å². The van der Waals surface area contributed by atoms with Gasteiger partial charge in [-0.25, -0.2) is 9.78 Å². The number of aromatic nitrogens is 1. The molecular formula is C18H16ClN3OS. The Kier molecular flexibility index (Phi) is 5.13. The summed E-state index contributed by atoms with van der Waals surface area (Å²) in [4.78, 5) is 16.5. The molecule has 2 N–H and O–H groups in total. The van der Waals surface area contributed by atoms with E-state index in [0.717, 1.165) is 21.8 Å². The molecule has 1 aromatic heterocycles. The van der Waals surface area contributed by atoms with Gasteiger partial charge in [-0.2, -0.15) is 0 Å². The fraction of sp³-hybridized carbons (Fsp3) is 0.111. The Morgan fingerprint density at radius 3 is 2.75 bits per heavy atom. The molecule has 0 bridgehead atoms. The Labute approximate surface area is 149 Å². The van der Waals surface area contributed by atoms with Gasteiger partial charge < -0.3 is 10.6 Å². The number of nitrogens with one attached hydrogen (secondary N) is 2. The first-order valence-electron chi connectivity index (χ1n) is 7.42. The standard InChI is InChI=1S/C18H16ClN3OS/c1-12-7-8-14(9-16(12)19)22-18(23)20-10-15-11-24-17(21-15)13-5-3-2-4-6-13/h2-9,11H,10H2,1H3,(H2,20,22,23). The van der Waals surface area contributed by atoms with E-state index in [1.807, 2.05) is 54.8 Å². The van der Waals surface area contributed by atoms with Gasteiger partial charge in [0.2, 0.25) is 0 Å². The molecule has 4 nitrogen and oxygen atoms in total. The van der Waals surface area contributed by atoms with Crippen LogP contribution in [0.1, 0.15) is 11.3 Å². The third-order valence-corrected chi connectivity index (χ3v) is 4.78. The minimum Gasteiger partial charge on any atom is -0.332 e. The molecule has 0 aliphatic carbocycles. The number of carbonyl (C=O) groups is 1. The normalized spacial score (nSPS) is 10.4. The smallest absolute Gasteiger partial charge is 0.319 e. The third kappa shape index (κ3) is 4.13. The van der Waals surface area contributed by atoms with Gasteiger partial charge in [-0.15, -0.1) is 11.3 Å². The number of anilines is 1. The minimum atomic E-state index is -0.288. The summed E-state index contributed by atoms with van der Waals surface area (Å²) in [6.45, 7) is 2.29. The molecule has 0 saturated carbocycles. The number of amides is 2. The lowest BCUT2D eigenvalue weighted by Crippen LogP contribution is -2.28. The van der Waals surface area contributed by atoms with E-state index >= 15 is 0 Å². The second kappa shape index (κ2) is 7.47. The highest BCUT2D eigenvalue weighted by Gasteiger charge is 2.07. The number of carbonyl (C=O) groups excluding carboxylic acids is 1. The summed E-state index contributed by atoms with van der Waals surface area (Å²) < 4.78 is 0. The van der Waals surface area contributed by atoms with Gasteiger partial charge in [0.25, 0.3) is 0 Å². The monoisotopic (exact) mass is 357 g/mol. The second-order valence-corrected chi connectivity index (χ2v) is 6.55. The summed E-state index contributed by atoms with van der Waals surface area (Å²) in [5.41, 5.74) is 3.54. The van der Waals surface area contributed by atoms with Crippen molar-refractivity contribution in [3.8, 4) is 10.6 Å². The van der Waals surface area contributed by atoms with Gasteiger partial charge in [0.15, 0.2) is 0 Å². The van der Waals surface area contributed by atoms with E-state index in [1.165, 1.54) is 0 Å². The number of thiazole rings is 1. The molecule has 2 amide bonds. The maximum atomic E-state index is 12.0. The van der Waals surface area contributed by atoms with Crippen LogP contribution in [0.2, 0.25) is 5.02 Å². The predicted molar refractivity (Wildman–Crippen MR) is 99.6 cm³/mol. The zero-order chi connectivity index (χ0) is 16.9. The third-order valence-electron chi connectivity index (χ3n) is 3.43. The average molecular weight is 358 g/mol. The van der Waals surface area contributed by atoms with Crippen LogP contribution in [0.3, 0.4) is 0 Å². The highest BCUT2D eigenvalue weighted by atomic mass is 35.5. The molecule has 0 aliphatic rings. The first-order valence-corrected chi connectivity index (χ1v) is 8.68. The summed E-state index contributed by atoms with van der Waals surface area (Å²) in [7, 11) is 0. The molecule has 0 fully saturated rings. The van der Waals surface area contributed by atoms with Crippen LogP contribution in [0.5, 0.6) is 0 Å². The Morgan fingerprint density at radius 2 is 2.00 bits per heavy atom. The topological polar surface area (TPSA) is 54.0 Å². The van der Waals surface area contributed by atoms with E-state index in [-0.39, 0.29) is 6.03 Å². The number of benzene rings is 2. The molecule has 1 heterocycles. The zero-order valence-corrected chi connectivity index (χ0v) is 14.6. The van der Waals surface area contributed by atoms with Crippen molar-refractivity contribution in [1.82, 2.24) is 10.3 Å². The van der Waals surface area contributed by atoms with Crippen LogP contribution in [-0.2, 0) is 6.54 Å². The lowest BCUT2D eigenvalue weighted by Gasteiger charge is -2.07. The lowest BCUT2D eigenvalue weighted by molar-refractivity contribution is 0.251. The van der Waals surface area contributed by atoms with Gasteiger partial charge in [-0.1, -0.05) is 48.0 Å². The van der Waals surface area contributed by atoms with Gasteiger partial charge in [-0.3, -0.25) is 0 Å². The number of aryl methyl sites for hydroxylation is 1. The Balaban J connectivity index is 1.56. The van der Waals surface area contributed by atoms with Crippen LogP contribution in [-0.4, -0.2) is 11.0 Å². The number of nitrogens with zero attached hydrogens (tertiary/aromatic N) is 1. The van der Waals surface area contributed by atoms with Crippen LogP contribution in [0.4, 0.5) is 10.5 Å². The van der Waals surface area contributed by atoms with Crippen molar-refractivity contribution in [2.45, 2.75) is 13.5 Å². The molecule has 0 radical (unpaired) electrons. The average Bonchev–Trinajstić information content (AvgIpc) is 3.06. The van der Waals surface area contributed by atoms with E-state index in [0.29, 0.717) is 17.3 Å². The van der Waals surface area contributed by atoms with Crippen molar-refractivity contribution in [1.29, 1.82) is 0 Å². The summed E-state index contributed by atoms with van der Waals surface area (Å²) in [6, 6.07) is 15.1. The molecule has 0 aliphatic heterocycles. The van der Waals surface area contributed by atoms with Crippen molar-refractivity contribution in [3.63, 3.8) is 0 Å². The largest absolute Gasteiger partial charge is 0.332 e. The van der Waals surface area contributed by atoms with Gasteiger partial charge in [-0.05, 0) is 24.6 Å². The molecule has 3 rings (SSSR count). The Hall–Kier alpha value is -2.37. The van der Waals surface area contributed by atoms with Crippen LogP contribution in [0, 0.1) is 6.92 Å². The van der Waals surface area contributed by atoms with Crippen molar-refractivity contribution in [3.05, 3.63) is 70.2 Å². The number of urea groups is 1. The van der Waals surface area contributed by atoms with E-state index < -0.39 is 0 Å². The quantitative estimate of drug-likeness (QED) is 0.683. The van der Waals surface area contributed by atoms with E-state index in [1.54, 1.807) is 17.4 Å². The van der Waals surface area contributed by atoms with Gasteiger partial charge in [0.05, 0.1) is 12.2 Å². The van der Waals surface area contributed by atoms with E-state index in [4.69, 9.17) is 11.6 Å². The molecule has 0 atom stereocenters. The maximum absolute atomic E-state index is 12.0. The Bertz CT molecular complexity index is 848. The zero-order valence-electron chi connectivity index (χ0n) is 13.0. The fourth-order valence-corrected chi connectivity index (χ4v) is 3.12. The van der Waals surface area contributed by atoms with E-state index in [9.17, 15) is 4.79 Å². The van der Waals surface area contributed by atoms with Crippen molar-refractivity contribution in [2.75, 3.05) is 5.32 Å². The minimum absolute atomic E-state index is 0.288. The predicted octanol–water partition coefficient (Wildman–Crippen LogP) is 5.09. The lowest BCUT2D eigenvalue weighted by atomic mass is 10.2. The summed E-state index contributed by atoms with van der Waals surface area (Å²) in [5.74, 6) is 0. The van der Waals surface area contributed by atoms with Gasteiger partial charge in [0, 0.05) is 21.7 Å². The van der Waals surface area contributed by atoms with Crippen molar-refractivity contribution >= 4 is 34.7 Å². The molecule has 0 unspecified atom stereocenters. The molecule has 3 aromatic rings. The first kappa shape index (κ1) is 16.5. The number of hydrogen-bond donors (Lipinski definition) is 2. The molecule has 6 heteroatoms. The van der Waals surface area contributed by atoms with Gasteiger partial charge >= 0.3 is 6.03 Å². The highest BCUT2D eigenvalue weighted by molar-refractivity contribution is 7.13. The number of hydrogen-bond acceptors (Lipinski definition) is 3. The molecule has 2 aromatic carbocycles. The maximum Gasteiger partial charge on any atom is 0.319 e. The van der Waals surface area contributed by atoms with Crippen molar-refractivity contribution < 1.29 is 4.79 Å². The van der Waals surface area contributed by atoms with Crippen LogP contribution < -0.4 is 10.6 Å². The molecule has 24 heavy (non-hydrogen) atoms. The molecule has 0 saturated heterocycles. The summed E-state index contributed by atoms with van der Waals surface area (Å²) in [5, 5.41) is 9.07. The Morgan fingerprint density at radius 1 is 1.21 bits per heavy atom. The molecule has 0 spiro atoms. The SMILES string of the molecule is Cc1ccc(NC(=O)NCc2csc(-c3ccccc3)n2)cc1Cl. The first-order chi connectivity index (χ1) is 11.6. The fourth-order valence-electron chi connectivity index (χ4n) is 2.12. The number of halogens is 1. The molecular weight excluding hydrogens is 342 g/mol. The van der Waals surface area contributed by atoms with Crippen LogP contribution >= 0.6 is 22.9 Å². The molecule has 122 valence electrons. The second-order valence-electron chi connectivity index (χ2n) is 5.28. The number of rotatable bonds is 4.